The van der Waals surface area contributed by atoms with Crippen molar-refractivity contribution in [2.24, 2.45) is 0 Å². The third-order valence-electron chi connectivity index (χ3n) is 1.60. The molecule has 1 atom stereocenters. The van der Waals surface area contributed by atoms with Gasteiger partial charge in [-0.3, -0.25) is 9.51 Å². The van der Waals surface area contributed by atoms with Crippen LogP contribution in [0.1, 0.15) is 31.7 Å². The molecule has 1 rings (SSSR count). The van der Waals surface area contributed by atoms with Crippen LogP contribution in [0.2, 0.25) is 0 Å². The van der Waals surface area contributed by atoms with E-state index in [0.29, 0.717) is 5.82 Å². The third-order valence-corrected chi connectivity index (χ3v) is 1.60. The number of aromatic amines is 1. The lowest BCUT2D eigenvalue weighted by atomic mass is 10.2. The number of aromatic nitrogens is 2. The molecule has 12 heavy (non-hydrogen) atoms. The van der Waals surface area contributed by atoms with E-state index < -0.39 is 5.76 Å². The number of rotatable bonds is 4. The van der Waals surface area contributed by atoms with Gasteiger partial charge >= 0.3 is 5.76 Å². The van der Waals surface area contributed by atoms with Crippen LogP contribution in [-0.4, -0.2) is 17.3 Å². The number of ether oxygens (including phenoxy) is 1. The number of H-pyrrole nitrogens is 1. The van der Waals surface area contributed by atoms with Crippen LogP contribution in [0.15, 0.2) is 9.32 Å². The molecule has 1 aromatic rings. The van der Waals surface area contributed by atoms with E-state index in [1.807, 2.05) is 6.92 Å². The van der Waals surface area contributed by atoms with Crippen LogP contribution in [0.5, 0.6) is 0 Å². The van der Waals surface area contributed by atoms with Gasteiger partial charge in [-0.15, -0.1) is 0 Å². The van der Waals surface area contributed by atoms with E-state index in [9.17, 15) is 4.79 Å². The van der Waals surface area contributed by atoms with Crippen molar-refractivity contribution in [3.05, 3.63) is 16.4 Å². The minimum absolute atomic E-state index is 0.165. The van der Waals surface area contributed by atoms with Crippen LogP contribution in [0.25, 0.3) is 0 Å². The molecule has 1 heterocycles. The van der Waals surface area contributed by atoms with Gasteiger partial charge in [0, 0.05) is 7.11 Å². The summed E-state index contributed by atoms with van der Waals surface area (Å²) in [5, 5.41) is 3.54. The summed E-state index contributed by atoms with van der Waals surface area (Å²) in [6.45, 7) is 2.03. The second-order valence-corrected chi connectivity index (χ2v) is 2.49. The fraction of sp³-hybridized carbons (Fsp3) is 0.714. The van der Waals surface area contributed by atoms with Gasteiger partial charge in [-0.2, -0.15) is 0 Å². The second kappa shape index (κ2) is 4.06. The second-order valence-electron chi connectivity index (χ2n) is 2.49. The molecule has 0 aliphatic rings. The lowest BCUT2D eigenvalue weighted by Crippen LogP contribution is -2.05. The fourth-order valence-corrected chi connectivity index (χ4v) is 1.01. The lowest BCUT2D eigenvalue weighted by molar-refractivity contribution is 0.0854. The Hall–Kier alpha value is -1.10. The molecule has 5 heteroatoms. The van der Waals surface area contributed by atoms with Crippen LogP contribution in [0.4, 0.5) is 0 Å². The molecule has 0 saturated carbocycles. The molecule has 1 unspecified atom stereocenters. The molecule has 0 saturated heterocycles. The zero-order chi connectivity index (χ0) is 8.97. The monoisotopic (exact) mass is 172 g/mol. The number of nitrogens with one attached hydrogen (secondary N) is 1. The highest BCUT2D eigenvalue weighted by molar-refractivity contribution is 4.85. The molecule has 1 aromatic heterocycles. The Kier molecular flexibility index (Phi) is 3.04. The molecule has 0 radical (unpaired) electrons. The molecule has 68 valence electrons. The molecule has 0 aliphatic carbocycles. The summed E-state index contributed by atoms with van der Waals surface area (Å²) in [7, 11) is 1.58. The predicted molar refractivity (Wildman–Crippen MR) is 41.8 cm³/mol. The first kappa shape index (κ1) is 8.99. The summed E-state index contributed by atoms with van der Waals surface area (Å²) in [5.41, 5.74) is 0. The van der Waals surface area contributed by atoms with Gasteiger partial charge in [-0.25, -0.2) is 4.79 Å². The summed E-state index contributed by atoms with van der Waals surface area (Å²) < 4.78 is 9.45. The van der Waals surface area contributed by atoms with Crippen molar-refractivity contribution < 1.29 is 9.26 Å². The minimum atomic E-state index is -0.539. The highest BCUT2D eigenvalue weighted by Gasteiger charge is 2.13. The SMILES string of the molecule is CCCC(OC)c1noc(=O)[nH]1. The Bertz CT molecular complexity index is 278. The summed E-state index contributed by atoms with van der Waals surface area (Å²) in [4.78, 5) is 13.0. The van der Waals surface area contributed by atoms with Crippen molar-refractivity contribution >= 4 is 0 Å². The quantitative estimate of drug-likeness (QED) is 0.731. The predicted octanol–water partition coefficient (Wildman–Crippen LogP) is 0.850. The number of methoxy groups -OCH3 is 1. The van der Waals surface area contributed by atoms with E-state index in [1.54, 1.807) is 7.11 Å². The van der Waals surface area contributed by atoms with Crippen LogP contribution in [-0.2, 0) is 4.74 Å². The van der Waals surface area contributed by atoms with Crippen molar-refractivity contribution in [1.82, 2.24) is 10.1 Å². The van der Waals surface area contributed by atoms with Crippen LogP contribution < -0.4 is 5.76 Å². The van der Waals surface area contributed by atoms with Gasteiger partial charge in [0.1, 0.15) is 6.10 Å². The van der Waals surface area contributed by atoms with E-state index in [-0.39, 0.29) is 6.10 Å². The molecule has 5 nitrogen and oxygen atoms in total. The summed E-state index contributed by atoms with van der Waals surface area (Å²) in [5.74, 6) is -0.0764. The Labute approximate surface area is 69.7 Å². The number of hydrogen-bond acceptors (Lipinski definition) is 4. The third kappa shape index (κ3) is 1.94. The van der Waals surface area contributed by atoms with Gasteiger partial charge < -0.3 is 4.74 Å². The van der Waals surface area contributed by atoms with Crippen molar-refractivity contribution in [3.8, 4) is 0 Å². The fourth-order valence-electron chi connectivity index (χ4n) is 1.01. The van der Waals surface area contributed by atoms with E-state index in [1.165, 1.54) is 0 Å². The first-order chi connectivity index (χ1) is 5.77. The number of nitrogens with zero attached hydrogens (tertiary/aromatic N) is 1. The van der Waals surface area contributed by atoms with Crippen molar-refractivity contribution in [2.45, 2.75) is 25.9 Å². The smallest absolute Gasteiger partial charge is 0.373 e. The topological polar surface area (TPSA) is 68.1 Å². The van der Waals surface area contributed by atoms with Gasteiger partial charge in [-0.1, -0.05) is 18.5 Å². The van der Waals surface area contributed by atoms with Gasteiger partial charge in [-0.05, 0) is 6.42 Å². The van der Waals surface area contributed by atoms with Crippen molar-refractivity contribution in [3.63, 3.8) is 0 Å². The van der Waals surface area contributed by atoms with E-state index in [0.717, 1.165) is 12.8 Å². The highest BCUT2D eigenvalue weighted by atomic mass is 16.5. The van der Waals surface area contributed by atoms with Gasteiger partial charge in [0.05, 0.1) is 0 Å². The van der Waals surface area contributed by atoms with E-state index in [4.69, 9.17) is 4.74 Å². The number of hydrogen-bond donors (Lipinski definition) is 1. The van der Waals surface area contributed by atoms with E-state index >= 15 is 0 Å². The summed E-state index contributed by atoms with van der Waals surface area (Å²) >= 11 is 0. The maximum absolute atomic E-state index is 10.6. The van der Waals surface area contributed by atoms with E-state index in [2.05, 4.69) is 14.7 Å². The average molecular weight is 172 g/mol. The van der Waals surface area contributed by atoms with Gasteiger partial charge in [0.15, 0.2) is 5.82 Å². The zero-order valence-corrected chi connectivity index (χ0v) is 7.16. The first-order valence-corrected chi connectivity index (χ1v) is 3.86. The molecule has 0 amide bonds. The van der Waals surface area contributed by atoms with Gasteiger partial charge in [0.2, 0.25) is 0 Å². The molecule has 0 fully saturated rings. The minimum Gasteiger partial charge on any atom is -0.373 e. The molecule has 0 aromatic carbocycles. The normalized spacial score (nSPS) is 13.2. The van der Waals surface area contributed by atoms with Crippen LogP contribution in [0.3, 0.4) is 0 Å². The Morgan fingerprint density at radius 1 is 1.75 bits per heavy atom. The zero-order valence-electron chi connectivity index (χ0n) is 7.16. The molecule has 0 spiro atoms. The molecular formula is C7H12N2O3. The Morgan fingerprint density at radius 3 is 2.92 bits per heavy atom. The standard InChI is InChI=1S/C7H12N2O3/c1-3-4-5(11-2)6-8-7(10)12-9-6/h5H,3-4H2,1-2H3,(H,8,9,10). The summed E-state index contributed by atoms with van der Waals surface area (Å²) in [6.07, 6.45) is 1.62. The molecule has 1 N–H and O–H groups in total. The Morgan fingerprint density at radius 2 is 2.50 bits per heavy atom. The van der Waals surface area contributed by atoms with Crippen LogP contribution in [0, 0.1) is 0 Å². The summed E-state index contributed by atoms with van der Waals surface area (Å²) in [6, 6.07) is 0. The average Bonchev–Trinajstić information content (AvgIpc) is 2.47. The molecule has 0 aliphatic heterocycles. The maximum atomic E-state index is 10.6. The largest absolute Gasteiger partial charge is 0.438 e. The van der Waals surface area contributed by atoms with Crippen molar-refractivity contribution in [2.75, 3.05) is 7.11 Å². The molecule has 0 bridgehead atoms. The van der Waals surface area contributed by atoms with Crippen molar-refractivity contribution in [1.29, 1.82) is 0 Å². The maximum Gasteiger partial charge on any atom is 0.438 e. The Balaban J connectivity index is 2.72. The highest BCUT2D eigenvalue weighted by Crippen LogP contribution is 2.16. The lowest BCUT2D eigenvalue weighted by Gasteiger charge is -2.08. The van der Waals surface area contributed by atoms with Gasteiger partial charge in [0.25, 0.3) is 0 Å². The van der Waals surface area contributed by atoms with Crippen LogP contribution >= 0.6 is 0 Å². The molecular weight excluding hydrogens is 160 g/mol. The first-order valence-electron chi connectivity index (χ1n) is 3.86.